The molecule has 0 fully saturated rings. The molecule has 0 spiro atoms. The number of alkyl carbamates (subject to hydrolysis) is 1. The molecule has 0 aliphatic heterocycles. The summed E-state index contributed by atoms with van der Waals surface area (Å²) in [6.45, 7) is 7.14. The quantitative estimate of drug-likeness (QED) is 0.235. The Labute approximate surface area is 247 Å². The molecule has 0 unspecified atom stereocenters. The Morgan fingerprint density at radius 3 is 1.79 bits per heavy atom. The lowest BCUT2D eigenvalue weighted by atomic mass is 10.0. The van der Waals surface area contributed by atoms with Gasteiger partial charge in [-0.25, -0.2) is 9.59 Å². The first-order valence-electron chi connectivity index (χ1n) is 14.1. The van der Waals surface area contributed by atoms with Crippen LogP contribution in [0.5, 0.6) is 5.75 Å². The number of nitrogens with one attached hydrogen (secondary N) is 4. The smallest absolute Gasteiger partial charge is 0.413 e. The van der Waals surface area contributed by atoms with Gasteiger partial charge in [-0.3, -0.25) is 14.4 Å². The normalized spacial score (nSPS) is 12.1. The van der Waals surface area contributed by atoms with Crippen molar-refractivity contribution in [3.8, 4) is 5.75 Å². The van der Waals surface area contributed by atoms with Crippen molar-refractivity contribution in [2.24, 2.45) is 11.8 Å². The molecule has 0 saturated carbocycles. The number of ketones is 1. The zero-order valence-electron chi connectivity index (χ0n) is 24.7. The van der Waals surface area contributed by atoms with Crippen molar-refractivity contribution >= 4 is 29.8 Å². The van der Waals surface area contributed by atoms with Gasteiger partial charge in [0.05, 0.1) is 13.1 Å². The molecule has 0 bridgehead atoms. The minimum Gasteiger partial charge on any atom is -0.445 e. The van der Waals surface area contributed by atoms with E-state index < -0.39 is 41.9 Å². The Bertz CT molecular complexity index is 1160. The van der Waals surface area contributed by atoms with Crippen molar-refractivity contribution in [1.82, 2.24) is 21.3 Å². The largest absolute Gasteiger partial charge is 0.445 e. The summed E-state index contributed by atoms with van der Waals surface area (Å²) in [6.07, 6.45) is -0.183. The number of Topliss-reactive ketones (excluding diaryl/α,β-unsaturated/α-hetero) is 1. The van der Waals surface area contributed by atoms with Crippen LogP contribution in [-0.4, -0.2) is 55.0 Å². The Morgan fingerprint density at radius 1 is 0.667 bits per heavy atom. The van der Waals surface area contributed by atoms with E-state index in [4.69, 9.17) is 9.47 Å². The van der Waals surface area contributed by atoms with E-state index >= 15 is 0 Å². The Kier molecular flexibility index (Phi) is 14.6. The second kappa shape index (κ2) is 18.1. The third kappa shape index (κ3) is 13.8. The molecule has 2 aromatic carbocycles. The van der Waals surface area contributed by atoms with Crippen LogP contribution in [0.1, 0.15) is 52.5 Å². The molecule has 0 radical (unpaired) electrons. The number of amides is 4. The van der Waals surface area contributed by atoms with Crippen LogP contribution in [0.2, 0.25) is 0 Å². The maximum Gasteiger partial charge on any atom is 0.413 e. The van der Waals surface area contributed by atoms with Crippen LogP contribution in [-0.2, 0) is 25.7 Å². The van der Waals surface area contributed by atoms with Gasteiger partial charge in [0.25, 0.3) is 0 Å². The van der Waals surface area contributed by atoms with Crippen LogP contribution in [0, 0.1) is 11.8 Å². The molecule has 0 heterocycles. The number of rotatable bonds is 16. The van der Waals surface area contributed by atoms with Gasteiger partial charge in [0.2, 0.25) is 11.8 Å². The lowest BCUT2D eigenvalue weighted by Crippen LogP contribution is -2.51. The number of hydrogen-bond donors (Lipinski definition) is 4. The first-order chi connectivity index (χ1) is 20.0. The average molecular weight is 583 g/mol. The van der Waals surface area contributed by atoms with E-state index in [1.54, 1.807) is 30.3 Å². The molecular formula is C31H42N4O7. The predicted molar refractivity (Wildman–Crippen MR) is 157 cm³/mol. The summed E-state index contributed by atoms with van der Waals surface area (Å²) in [4.78, 5) is 62.7. The molecule has 11 heteroatoms. The molecule has 11 nitrogen and oxygen atoms in total. The van der Waals surface area contributed by atoms with Crippen molar-refractivity contribution < 1.29 is 33.4 Å². The van der Waals surface area contributed by atoms with E-state index in [1.807, 2.05) is 58.0 Å². The molecule has 4 amide bonds. The molecule has 2 atom stereocenters. The maximum absolute atomic E-state index is 12.8. The Hall–Kier alpha value is -4.41. The highest BCUT2D eigenvalue weighted by Gasteiger charge is 2.25. The number of ether oxygens (including phenoxy) is 2. The number of benzene rings is 2. The van der Waals surface area contributed by atoms with Gasteiger partial charge in [-0.1, -0.05) is 76.2 Å². The zero-order valence-corrected chi connectivity index (χ0v) is 24.7. The lowest BCUT2D eigenvalue weighted by Gasteiger charge is -2.20. The van der Waals surface area contributed by atoms with Crippen molar-refractivity contribution in [2.75, 3.05) is 13.1 Å². The summed E-state index contributed by atoms with van der Waals surface area (Å²) in [6, 6.07) is 15.8. The van der Waals surface area contributed by atoms with Gasteiger partial charge in [-0.05, 0) is 48.8 Å². The third-order valence-electron chi connectivity index (χ3n) is 6.04. The fraction of sp³-hybridized carbons (Fsp3) is 0.452. The van der Waals surface area contributed by atoms with Gasteiger partial charge < -0.3 is 30.7 Å². The van der Waals surface area contributed by atoms with Gasteiger partial charge in [-0.2, -0.15) is 0 Å². The topological polar surface area (TPSA) is 152 Å². The highest BCUT2D eigenvalue weighted by atomic mass is 16.6. The third-order valence-corrected chi connectivity index (χ3v) is 6.04. The molecule has 4 N–H and O–H groups in total. The molecular weight excluding hydrogens is 540 g/mol. The fourth-order valence-electron chi connectivity index (χ4n) is 3.83. The fourth-order valence-corrected chi connectivity index (χ4v) is 3.83. The highest BCUT2D eigenvalue weighted by Crippen LogP contribution is 2.11. The van der Waals surface area contributed by atoms with E-state index in [2.05, 4.69) is 21.3 Å². The Balaban J connectivity index is 1.84. The van der Waals surface area contributed by atoms with E-state index in [-0.39, 0.29) is 31.5 Å². The van der Waals surface area contributed by atoms with Crippen LogP contribution in [0.3, 0.4) is 0 Å². The molecule has 0 aromatic heterocycles. The van der Waals surface area contributed by atoms with Crippen LogP contribution in [0.4, 0.5) is 9.59 Å². The van der Waals surface area contributed by atoms with Gasteiger partial charge in [0.1, 0.15) is 24.4 Å². The van der Waals surface area contributed by atoms with Crippen LogP contribution < -0.4 is 26.0 Å². The summed E-state index contributed by atoms with van der Waals surface area (Å²) >= 11 is 0. The van der Waals surface area contributed by atoms with Crippen LogP contribution >= 0.6 is 0 Å². The van der Waals surface area contributed by atoms with Gasteiger partial charge >= 0.3 is 12.2 Å². The number of carbonyl (C=O) groups is 5. The zero-order chi connectivity index (χ0) is 30.9. The molecule has 0 saturated heterocycles. The van der Waals surface area contributed by atoms with E-state index in [9.17, 15) is 24.0 Å². The lowest BCUT2D eigenvalue weighted by molar-refractivity contribution is -0.128. The monoisotopic (exact) mass is 582 g/mol. The minimum atomic E-state index is -0.921. The van der Waals surface area contributed by atoms with Crippen LogP contribution in [0.15, 0.2) is 60.7 Å². The molecule has 228 valence electrons. The standard InChI is InChI=1S/C31H42N4O7/c1-21(2)15-16-26(34-30(39)41-20-23-11-7-5-8-12-23)28(37)32-18-24(36)19-33-29(38)27(17-22(3)4)35-31(40)42-25-13-9-6-10-14-25/h5-14,21-22,26-27H,15-20H2,1-4H3,(H,32,37)(H,33,38)(H,34,39)(H,35,40)/t26-,27-/m0/s1. The van der Waals surface area contributed by atoms with E-state index in [0.717, 1.165) is 5.56 Å². The molecule has 2 aromatic rings. The second-order valence-corrected chi connectivity index (χ2v) is 10.7. The maximum atomic E-state index is 12.8. The van der Waals surface area contributed by atoms with Gasteiger partial charge in [-0.15, -0.1) is 0 Å². The predicted octanol–water partition coefficient (Wildman–Crippen LogP) is 3.72. The summed E-state index contributed by atoms with van der Waals surface area (Å²) in [5.41, 5.74) is 0.808. The average Bonchev–Trinajstić information content (AvgIpc) is 2.96. The van der Waals surface area contributed by atoms with E-state index in [0.29, 0.717) is 25.0 Å². The summed E-state index contributed by atoms with van der Waals surface area (Å²) in [7, 11) is 0. The van der Waals surface area contributed by atoms with Gasteiger partial charge in [0, 0.05) is 0 Å². The number of carbonyl (C=O) groups excluding carboxylic acids is 5. The first kappa shape index (κ1) is 33.8. The molecule has 0 aliphatic carbocycles. The molecule has 0 aliphatic rings. The summed E-state index contributed by atoms with van der Waals surface area (Å²) < 4.78 is 10.4. The molecule has 2 rings (SSSR count). The highest BCUT2D eigenvalue weighted by molar-refractivity contribution is 5.93. The summed E-state index contributed by atoms with van der Waals surface area (Å²) in [5.74, 6) is -0.850. The van der Waals surface area contributed by atoms with Gasteiger partial charge in [0.15, 0.2) is 5.78 Å². The minimum absolute atomic E-state index is 0.0556. The van der Waals surface area contributed by atoms with E-state index in [1.165, 1.54) is 0 Å². The summed E-state index contributed by atoms with van der Waals surface area (Å²) in [5, 5.41) is 10.2. The van der Waals surface area contributed by atoms with Crippen LogP contribution in [0.25, 0.3) is 0 Å². The van der Waals surface area contributed by atoms with Crippen molar-refractivity contribution in [1.29, 1.82) is 0 Å². The van der Waals surface area contributed by atoms with Crippen molar-refractivity contribution in [3.05, 3.63) is 66.2 Å². The Morgan fingerprint density at radius 2 is 1.21 bits per heavy atom. The van der Waals surface area contributed by atoms with Crippen molar-refractivity contribution in [2.45, 2.75) is 65.6 Å². The number of hydrogen-bond acceptors (Lipinski definition) is 7. The first-order valence-corrected chi connectivity index (χ1v) is 14.1. The second-order valence-electron chi connectivity index (χ2n) is 10.7. The number of para-hydroxylation sites is 1. The SMILES string of the molecule is CC(C)CC[C@H](NC(=O)OCc1ccccc1)C(=O)NCC(=O)CNC(=O)[C@H](CC(C)C)NC(=O)Oc1ccccc1. The molecule has 42 heavy (non-hydrogen) atoms. The van der Waals surface area contributed by atoms with Crippen molar-refractivity contribution in [3.63, 3.8) is 0 Å².